The van der Waals surface area contributed by atoms with E-state index in [9.17, 15) is 14.4 Å². The van der Waals surface area contributed by atoms with Crippen molar-refractivity contribution in [1.29, 1.82) is 0 Å². The highest BCUT2D eigenvalue weighted by Gasteiger charge is 2.30. The summed E-state index contributed by atoms with van der Waals surface area (Å²) >= 11 is 1.01. The summed E-state index contributed by atoms with van der Waals surface area (Å²) in [7, 11) is 1.95. The SMILES string of the molecule is COC(=O)c1cc(-[s+]2cccc2CC(N)=O)c(C(=O)OC)s1. The minimum atomic E-state index is -0.599. The van der Waals surface area contributed by atoms with Crippen molar-refractivity contribution in [2.75, 3.05) is 14.2 Å². The van der Waals surface area contributed by atoms with Crippen LogP contribution >= 0.6 is 21.8 Å². The molecule has 22 heavy (non-hydrogen) atoms. The zero-order valence-corrected chi connectivity index (χ0v) is 13.6. The minimum Gasteiger partial charge on any atom is -0.465 e. The van der Waals surface area contributed by atoms with E-state index in [1.807, 2.05) is 5.38 Å². The fourth-order valence-corrected chi connectivity index (χ4v) is 5.13. The van der Waals surface area contributed by atoms with Crippen molar-refractivity contribution in [2.24, 2.45) is 5.73 Å². The van der Waals surface area contributed by atoms with Crippen LogP contribution in [0.15, 0.2) is 23.6 Å². The van der Waals surface area contributed by atoms with Gasteiger partial charge in [-0.15, -0.1) is 11.3 Å². The van der Waals surface area contributed by atoms with Gasteiger partial charge in [-0.05, 0) is 12.1 Å². The highest BCUT2D eigenvalue weighted by Crippen LogP contribution is 2.42. The van der Waals surface area contributed by atoms with Crippen LogP contribution in [0.25, 0.3) is 4.90 Å². The van der Waals surface area contributed by atoms with Crippen molar-refractivity contribution in [3.05, 3.63) is 38.2 Å². The largest absolute Gasteiger partial charge is 0.465 e. The van der Waals surface area contributed by atoms with E-state index < -0.39 is 28.3 Å². The normalized spacial score (nSPS) is 11.1. The van der Waals surface area contributed by atoms with Gasteiger partial charge in [0.2, 0.25) is 10.8 Å². The van der Waals surface area contributed by atoms with E-state index in [1.54, 1.807) is 18.2 Å². The van der Waals surface area contributed by atoms with Gasteiger partial charge in [-0.3, -0.25) is 4.79 Å². The van der Waals surface area contributed by atoms with Crippen LogP contribution in [0.5, 0.6) is 0 Å². The molecule has 0 aliphatic rings. The average Bonchev–Trinajstić information content (AvgIpc) is 3.11. The van der Waals surface area contributed by atoms with Gasteiger partial charge in [0.25, 0.3) is 0 Å². The topological polar surface area (TPSA) is 95.7 Å². The van der Waals surface area contributed by atoms with Crippen LogP contribution in [0.2, 0.25) is 0 Å². The van der Waals surface area contributed by atoms with Crippen molar-refractivity contribution < 1.29 is 23.9 Å². The predicted octanol–water partition coefficient (Wildman–Crippen LogP) is 2.09. The molecule has 2 aromatic heterocycles. The second-order valence-corrected chi connectivity index (χ2v) is 7.19. The van der Waals surface area contributed by atoms with Crippen molar-refractivity contribution in [2.45, 2.75) is 6.42 Å². The van der Waals surface area contributed by atoms with E-state index in [0.29, 0.717) is 14.6 Å². The molecule has 0 radical (unpaired) electrons. The Hall–Kier alpha value is -2.19. The van der Waals surface area contributed by atoms with E-state index in [1.165, 1.54) is 14.2 Å². The van der Waals surface area contributed by atoms with Crippen LogP contribution in [-0.4, -0.2) is 32.1 Å². The summed E-state index contributed by atoms with van der Waals surface area (Å²) < 4.78 is 9.46. The first-order valence-electron chi connectivity index (χ1n) is 6.17. The van der Waals surface area contributed by atoms with Crippen molar-refractivity contribution in [1.82, 2.24) is 0 Å². The Balaban J connectivity index is 2.56. The third-order valence-corrected chi connectivity index (χ3v) is 6.11. The number of ether oxygens (including phenoxy) is 2. The van der Waals surface area contributed by atoms with Gasteiger partial charge in [-0.1, -0.05) is 0 Å². The van der Waals surface area contributed by atoms with Crippen LogP contribution in [0, 0.1) is 0 Å². The van der Waals surface area contributed by atoms with Gasteiger partial charge in [0.1, 0.15) is 16.7 Å². The Morgan fingerprint density at radius 3 is 2.50 bits per heavy atom. The Morgan fingerprint density at radius 2 is 1.91 bits per heavy atom. The van der Waals surface area contributed by atoms with Crippen LogP contribution in [0.3, 0.4) is 0 Å². The lowest BCUT2D eigenvalue weighted by Gasteiger charge is -1.96. The molecule has 0 spiro atoms. The Labute approximate surface area is 133 Å². The van der Waals surface area contributed by atoms with Gasteiger partial charge >= 0.3 is 11.9 Å². The third-order valence-electron chi connectivity index (χ3n) is 2.82. The van der Waals surface area contributed by atoms with Gasteiger partial charge in [0.05, 0.1) is 14.2 Å². The summed E-state index contributed by atoms with van der Waals surface area (Å²) in [5.41, 5.74) is 5.25. The lowest BCUT2D eigenvalue weighted by atomic mass is 10.3. The average molecular weight is 340 g/mol. The number of amides is 1. The zero-order chi connectivity index (χ0) is 16.3. The molecule has 0 aliphatic heterocycles. The number of carbonyl (C=O) groups excluding carboxylic acids is 3. The molecule has 1 unspecified atom stereocenters. The van der Waals surface area contributed by atoms with Gasteiger partial charge < -0.3 is 15.2 Å². The van der Waals surface area contributed by atoms with Gasteiger partial charge in [0.15, 0.2) is 9.75 Å². The number of primary amides is 1. The summed E-state index contributed by atoms with van der Waals surface area (Å²) in [5.74, 6) is -1.49. The number of carbonyl (C=O) groups is 3. The molecular weight excluding hydrogens is 326 g/mol. The summed E-state index contributed by atoms with van der Waals surface area (Å²) in [6.45, 7) is 0. The van der Waals surface area contributed by atoms with Crippen LogP contribution in [0.1, 0.15) is 24.2 Å². The summed E-state index contributed by atoms with van der Waals surface area (Å²) in [6, 6.07) is 5.21. The Morgan fingerprint density at radius 1 is 1.23 bits per heavy atom. The highest BCUT2D eigenvalue weighted by atomic mass is 32.2. The Bertz CT molecular complexity index is 731. The molecule has 2 N–H and O–H groups in total. The van der Waals surface area contributed by atoms with E-state index in [-0.39, 0.29) is 6.42 Å². The second-order valence-electron chi connectivity index (χ2n) is 4.23. The standard InChI is InChI=1S/C14H13NO5S2/c1-19-13(17)9-7-10(12(21-9)14(18)20-2)22-5-3-4-8(22)6-11(15)16/h3-5,7H,6H2,1-2H3,(H-,15,16)/p+1. The van der Waals surface area contributed by atoms with Gasteiger partial charge in [-0.25, -0.2) is 9.59 Å². The van der Waals surface area contributed by atoms with E-state index in [4.69, 9.17) is 10.5 Å². The maximum atomic E-state index is 11.9. The van der Waals surface area contributed by atoms with Gasteiger partial charge in [0, 0.05) is 16.5 Å². The molecule has 2 rings (SSSR count). The smallest absolute Gasteiger partial charge is 0.353 e. The van der Waals surface area contributed by atoms with Crippen LogP contribution < -0.4 is 5.73 Å². The van der Waals surface area contributed by atoms with E-state index >= 15 is 0 Å². The predicted molar refractivity (Wildman–Crippen MR) is 83.7 cm³/mol. The number of esters is 2. The first-order chi connectivity index (χ1) is 10.5. The lowest BCUT2D eigenvalue weighted by molar-refractivity contribution is -0.117. The number of hydrogen-bond donors (Lipinski definition) is 1. The third kappa shape index (κ3) is 3.18. The molecule has 0 aromatic carbocycles. The van der Waals surface area contributed by atoms with Crippen LogP contribution in [-0.2, 0) is 20.7 Å². The molecule has 8 heteroatoms. The van der Waals surface area contributed by atoms with E-state index in [2.05, 4.69) is 4.74 Å². The van der Waals surface area contributed by atoms with Crippen molar-refractivity contribution in [3.63, 3.8) is 0 Å². The number of rotatable bonds is 5. The summed E-state index contributed by atoms with van der Waals surface area (Å²) in [4.78, 5) is 36.9. The van der Waals surface area contributed by atoms with Gasteiger partial charge in [-0.2, -0.15) is 0 Å². The summed E-state index contributed by atoms with van der Waals surface area (Å²) in [6.07, 6.45) is 0.0973. The first-order valence-corrected chi connectivity index (χ1v) is 8.27. The highest BCUT2D eigenvalue weighted by molar-refractivity contribution is 7.40. The Kier molecular flexibility index (Phi) is 4.94. The molecule has 2 aromatic rings. The molecule has 0 saturated carbocycles. The number of thiophene rings is 2. The minimum absolute atomic E-state index is 0.0973. The molecule has 2 heterocycles. The van der Waals surface area contributed by atoms with Crippen molar-refractivity contribution in [3.8, 4) is 4.90 Å². The zero-order valence-electron chi connectivity index (χ0n) is 12.0. The fourth-order valence-electron chi connectivity index (χ4n) is 1.88. The second kappa shape index (κ2) is 6.71. The number of nitrogens with two attached hydrogens (primary N) is 1. The molecule has 1 atom stereocenters. The molecular formula is C14H14NO5S2+. The number of methoxy groups -OCH3 is 2. The summed E-state index contributed by atoms with van der Waals surface area (Å²) in [5, 5.41) is 1.87. The molecule has 1 amide bonds. The monoisotopic (exact) mass is 340 g/mol. The molecule has 0 aliphatic carbocycles. The van der Waals surface area contributed by atoms with E-state index in [0.717, 1.165) is 16.2 Å². The first kappa shape index (κ1) is 16.2. The van der Waals surface area contributed by atoms with Crippen molar-refractivity contribution >= 4 is 39.7 Å². The molecule has 6 nitrogen and oxygen atoms in total. The van der Waals surface area contributed by atoms with Crippen LogP contribution in [0.4, 0.5) is 0 Å². The lowest BCUT2D eigenvalue weighted by Crippen LogP contribution is -2.13. The maximum absolute atomic E-state index is 11.9. The fraction of sp³-hybridized carbons (Fsp3) is 0.214. The molecule has 0 bridgehead atoms. The number of hydrogen-bond acceptors (Lipinski definition) is 6. The quantitative estimate of drug-likeness (QED) is 0.664. The molecule has 116 valence electrons. The molecule has 0 saturated heterocycles. The maximum Gasteiger partial charge on any atom is 0.353 e. The molecule has 0 fully saturated rings.